The molecule has 1 aromatic carbocycles. The van der Waals surface area contributed by atoms with Crippen LogP contribution in [0.5, 0.6) is 5.75 Å². The highest BCUT2D eigenvalue weighted by atomic mass is 16.5. The zero-order valence-corrected chi connectivity index (χ0v) is 10.3. The van der Waals surface area contributed by atoms with E-state index >= 15 is 0 Å². The topological polar surface area (TPSA) is 62.6 Å². The average molecular weight is 246 g/mol. The van der Waals surface area contributed by atoms with Gasteiger partial charge in [-0.3, -0.25) is 4.79 Å². The van der Waals surface area contributed by atoms with E-state index in [4.69, 9.17) is 14.7 Å². The van der Waals surface area contributed by atoms with Gasteiger partial charge in [-0.15, -0.1) is 0 Å². The summed E-state index contributed by atoms with van der Waals surface area (Å²) in [4.78, 5) is 13.7. The fourth-order valence-electron chi connectivity index (χ4n) is 1.79. The lowest BCUT2D eigenvalue weighted by Crippen LogP contribution is -2.53. The van der Waals surface area contributed by atoms with Crippen LogP contribution in [-0.2, 0) is 9.53 Å². The summed E-state index contributed by atoms with van der Waals surface area (Å²) in [6, 6.07) is 9.15. The van der Waals surface area contributed by atoms with Crippen molar-refractivity contribution in [1.82, 2.24) is 0 Å². The van der Waals surface area contributed by atoms with E-state index in [0.29, 0.717) is 0 Å². The van der Waals surface area contributed by atoms with Crippen molar-refractivity contribution in [2.24, 2.45) is 5.41 Å². The van der Waals surface area contributed by atoms with Gasteiger partial charge in [0.15, 0.2) is 5.41 Å². The second kappa shape index (κ2) is 4.67. The van der Waals surface area contributed by atoms with E-state index in [1.807, 2.05) is 6.07 Å². The quantitative estimate of drug-likeness (QED) is 0.804. The Morgan fingerprint density at radius 2 is 2.06 bits per heavy atom. The van der Waals surface area contributed by atoms with E-state index < -0.39 is 5.41 Å². The number of benzene rings is 1. The number of anilines is 1. The number of ether oxygens (including phenoxy) is 2. The summed E-state index contributed by atoms with van der Waals surface area (Å²) >= 11 is 0. The van der Waals surface area contributed by atoms with E-state index in [-0.39, 0.29) is 19.1 Å². The van der Waals surface area contributed by atoms with Crippen molar-refractivity contribution in [3.8, 4) is 11.8 Å². The van der Waals surface area contributed by atoms with Crippen LogP contribution in [0.1, 0.15) is 0 Å². The highest BCUT2D eigenvalue weighted by Crippen LogP contribution is 2.31. The Hall–Kier alpha value is -2.06. The van der Waals surface area contributed by atoms with Crippen LogP contribution in [0.25, 0.3) is 0 Å². The molecule has 0 aromatic heterocycles. The molecule has 1 aliphatic heterocycles. The van der Waals surface area contributed by atoms with Crippen LogP contribution < -0.4 is 9.64 Å². The van der Waals surface area contributed by atoms with Crippen molar-refractivity contribution in [3.05, 3.63) is 24.3 Å². The zero-order chi connectivity index (χ0) is 13.2. The number of nitrogens with zero attached hydrogens (tertiary/aromatic N) is 2. The molecule has 0 unspecified atom stereocenters. The van der Waals surface area contributed by atoms with Gasteiger partial charge in [0, 0.05) is 12.7 Å². The summed E-state index contributed by atoms with van der Waals surface area (Å²) in [5.74, 6) is 0.489. The number of carbonyl (C=O) groups is 1. The van der Waals surface area contributed by atoms with Crippen LogP contribution in [0.2, 0.25) is 0 Å². The smallest absolute Gasteiger partial charge is 0.252 e. The molecule has 2 rings (SSSR count). The number of hydrogen-bond donors (Lipinski definition) is 0. The minimum atomic E-state index is -1.02. The van der Waals surface area contributed by atoms with Crippen molar-refractivity contribution in [2.45, 2.75) is 0 Å². The predicted octanol–water partition coefficient (Wildman–Crippen LogP) is 1.20. The summed E-state index contributed by atoms with van der Waals surface area (Å²) in [6.45, 7) is 0.339. The largest absolute Gasteiger partial charge is 0.497 e. The van der Waals surface area contributed by atoms with Gasteiger partial charge >= 0.3 is 0 Å². The molecule has 0 spiro atoms. The first-order chi connectivity index (χ1) is 8.63. The maximum atomic E-state index is 12.2. The number of carbonyl (C=O) groups excluding carboxylic acids is 1. The molecule has 0 radical (unpaired) electrons. The standard InChI is InChI=1S/C13H14N2O3/c1-15(10-3-5-11(17-2)6-4-10)12(16)13(7-14)8-18-9-13/h3-6H,8-9H2,1-2H3. The van der Waals surface area contributed by atoms with Gasteiger partial charge in [-0.2, -0.15) is 5.26 Å². The third-order valence-electron chi connectivity index (χ3n) is 3.08. The van der Waals surface area contributed by atoms with Crippen LogP contribution in [0, 0.1) is 16.7 Å². The fraction of sp³-hybridized carbons (Fsp3) is 0.385. The van der Waals surface area contributed by atoms with Crippen LogP contribution in [0.4, 0.5) is 5.69 Å². The maximum absolute atomic E-state index is 12.2. The highest BCUT2D eigenvalue weighted by Gasteiger charge is 2.48. The third-order valence-corrected chi connectivity index (χ3v) is 3.08. The van der Waals surface area contributed by atoms with Crippen LogP contribution >= 0.6 is 0 Å². The molecule has 0 saturated carbocycles. The van der Waals surface area contributed by atoms with E-state index in [2.05, 4.69) is 0 Å². The normalized spacial score (nSPS) is 16.3. The molecular formula is C13H14N2O3. The molecule has 1 amide bonds. The second-order valence-corrected chi connectivity index (χ2v) is 4.25. The van der Waals surface area contributed by atoms with Gasteiger partial charge < -0.3 is 14.4 Å². The Morgan fingerprint density at radius 1 is 1.44 bits per heavy atom. The molecule has 0 bridgehead atoms. The Balaban J connectivity index is 2.18. The third kappa shape index (κ3) is 1.91. The molecule has 1 saturated heterocycles. The fourth-order valence-corrected chi connectivity index (χ4v) is 1.79. The number of amides is 1. The molecule has 0 atom stereocenters. The van der Waals surface area contributed by atoms with Crippen molar-refractivity contribution in [2.75, 3.05) is 32.3 Å². The van der Waals surface area contributed by atoms with Gasteiger partial charge in [0.1, 0.15) is 5.75 Å². The van der Waals surface area contributed by atoms with E-state index in [0.717, 1.165) is 11.4 Å². The van der Waals surface area contributed by atoms with Crippen molar-refractivity contribution < 1.29 is 14.3 Å². The van der Waals surface area contributed by atoms with Crippen molar-refractivity contribution in [3.63, 3.8) is 0 Å². The molecule has 5 nitrogen and oxygen atoms in total. The average Bonchev–Trinajstić information content (AvgIpc) is 2.37. The minimum Gasteiger partial charge on any atom is -0.497 e. The van der Waals surface area contributed by atoms with Gasteiger partial charge in [0.05, 0.1) is 26.4 Å². The Bertz CT molecular complexity index is 486. The summed E-state index contributed by atoms with van der Waals surface area (Å²) in [7, 11) is 3.24. The van der Waals surface area contributed by atoms with E-state index in [1.54, 1.807) is 38.4 Å². The van der Waals surface area contributed by atoms with Crippen molar-refractivity contribution in [1.29, 1.82) is 5.26 Å². The number of nitriles is 1. The maximum Gasteiger partial charge on any atom is 0.252 e. The molecule has 1 aromatic rings. The summed E-state index contributed by atoms with van der Waals surface area (Å²) in [5.41, 5.74) is -0.295. The monoisotopic (exact) mass is 246 g/mol. The van der Waals surface area contributed by atoms with Gasteiger partial charge in [-0.05, 0) is 24.3 Å². The Kier molecular flexibility index (Phi) is 3.21. The molecule has 1 fully saturated rings. The first-order valence-corrected chi connectivity index (χ1v) is 5.54. The molecule has 0 N–H and O–H groups in total. The lowest BCUT2D eigenvalue weighted by atomic mass is 9.86. The van der Waals surface area contributed by atoms with Crippen molar-refractivity contribution >= 4 is 11.6 Å². The first-order valence-electron chi connectivity index (χ1n) is 5.54. The zero-order valence-electron chi connectivity index (χ0n) is 10.3. The van der Waals surface area contributed by atoms with Gasteiger partial charge in [0.2, 0.25) is 0 Å². The molecule has 94 valence electrons. The minimum absolute atomic E-state index is 0.169. The van der Waals surface area contributed by atoms with Gasteiger partial charge in [-0.25, -0.2) is 0 Å². The molecule has 1 heterocycles. The molecule has 18 heavy (non-hydrogen) atoms. The molecular weight excluding hydrogens is 232 g/mol. The highest BCUT2D eigenvalue weighted by molar-refractivity contribution is 5.99. The van der Waals surface area contributed by atoms with Crippen LogP contribution in [-0.4, -0.2) is 33.3 Å². The van der Waals surface area contributed by atoms with Crippen LogP contribution in [0.15, 0.2) is 24.3 Å². The summed E-state index contributed by atoms with van der Waals surface area (Å²) in [5, 5.41) is 9.09. The molecule has 1 aliphatic rings. The molecule has 0 aliphatic carbocycles. The lowest BCUT2D eigenvalue weighted by molar-refractivity contribution is -0.146. The number of hydrogen-bond acceptors (Lipinski definition) is 4. The second-order valence-electron chi connectivity index (χ2n) is 4.25. The predicted molar refractivity (Wildman–Crippen MR) is 65.3 cm³/mol. The van der Waals surface area contributed by atoms with E-state index in [1.165, 1.54) is 4.90 Å². The van der Waals surface area contributed by atoms with Crippen LogP contribution in [0.3, 0.4) is 0 Å². The lowest BCUT2D eigenvalue weighted by Gasteiger charge is -2.36. The number of methoxy groups -OCH3 is 1. The summed E-state index contributed by atoms with van der Waals surface area (Å²) in [6.07, 6.45) is 0. The van der Waals surface area contributed by atoms with Gasteiger partial charge in [0.25, 0.3) is 5.91 Å². The molecule has 5 heteroatoms. The number of rotatable bonds is 3. The Morgan fingerprint density at radius 3 is 2.44 bits per heavy atom. The summed E-state index contributed by atoms with van der Waals surface area (Å²) < 4.78 is 10.0. The SMILES string of the molecule is COc1ccc(N(C)C(=O)C2(C#N)COC2)cc1. The van der Waals surface area contributed by atoms with Gasteiger partial charge in [-0.1, -0.05) is 0 Å². The first kappa shape index (κ1) is 12.4. The van der Waals surface area contributed by atoms with E-state index in [9.17, 15) is 4.79 Å². The Labute approximate surface area is 106 Å².